The zero-order valence-corrected chi connectivity index (χ0v) is 13.0. The summed E-state index contributed by atoms with van der Waals surface area (Å²) in [6.45, 7) is 1.86. The molecule has 1 atom stereocenters. The van der Waals surface area contributed by atoms with Crippen molar-refractivity contribution in [1.29, 1.82) is 0 Å². The average Bonchev–Trinajstić information content (AvgIpc) is 2.68. The Morgan fingerprint density at radius 3 is 2.52 bits per heavy atom. The fourth-order valence-electron chi connectivity index (χ4n) is 2.36. The molecule has 1 N–H and O–H groups in total. The van der Waals surface area contributed by atoms with Gasteiger partial charge in [0, 0.05) is 19.5 Å². The normalized spacial score (nSPS) is 12.7. The molecule has 6 heteroatoms. The zero-order chi connectivity index (χ0) is 15.6. The van der Waals surface area contributed by atoms with Gasteiger partial charge in [0.05, 0.1) is 16.4 Å². The van der Waals surface area contributed by atoms with E-state index in [2.05, 4.69) is 10.4 Å². The second kappa shape index (κ2) is 6.54. The first-order valence-electron chi connectivity index (χ1n) is 6.71. The van der Waals surface area contributed by atoms with Gasteiger partial charge < -0.3 is 5.32 Å². The zero-order valence-electron chi connectivity index (χ0n) is 12.3. The lowest BCUT2D eigenvalue weighted by Crippen LogP contribution is -2.30. The van der Waals surface area contributed by atoms with Crippen molar-refractivity contribution in [3.8, 4) is 0 Å². The van der Waals surface area contributed by atoms with Crippen molar-refractivity contribution in [2.45, 2.75) is 25.8 Å². The van der Waals surface area contributed by atoms with Gasteiger partial charge in [-0.25, -0.2) is 8.78 Å². The maximum absolute atomic E-state index is 13.3. The smallest absolute Gasteiger partial charge is 0.159 e. The Balaban J connectivity index is 2.14. The topological polar surface area (TPSA) is 29.9 Å². The van der Waals surface area contributed by atoms with E-state index in [9.17, 15) is 8.78 Å². The summed E-state index contributed by atoms with van der Waals surface area (Å²) < 4.78 is 28.0. The summed E-state index contributed by atoms with van der Waals surface area (Å²) in [5.74, 6) is -1.65. The molecule has 0 bridgehead atoms. The van der Waals surface area contributed by atoms with Gasteiger partial charge in [0.25, 0.3) is 0 Å². The highest BCUT2D eigenvalue weighted by Crippen LogP contribution is 2.21. The van der Waals surface area contributed by atoms with Gasteiger partial charge in [0.1, 0.15) is 0 Å². The van der Waals surface area contributed by atoms with Gasteiger partial charge in [-0.2, -0.15) is 5.10 Å². The van der Waals surface area contributed by atoms with E-state index in [-0.39, 0.29) is 6.04 Å². The third-order valence-electron chi connectivity index (χ3n) is 3.58. The van der Waals surface area contributed by atoms with E-state index < -0.39 is 11.6 Å². The summed E-state index contributed by atoms with van der Waals surface area (Å²) in [4.78, 5) is 0. The highest BCUT2D eigenvalue weighted by Gasteiger charge is 2.17. The lowest BCUT2D eigenvalue weighted by Gasteiger charge is -2.17. The maximum atomic E-state index is 13.3. The fourth-order valence-corrected chi connectivity index (χ4v) is 2.60. The molecule has 0 fully saturated rings. The van der Waals surface area contributed by atoms with Crippen LogP contribution >= 0.6 is 11.6 Å². The van der Waals surface area contributed by atoms with Crippen molar-refractivity contribution in [2.75, 3.05) is 7.05 Å². The van der Waals surface area contributed by atoms with Gasteiger partial charge in [-0.3, -0.25) is 4.68 Å². The molecule has 0 spiro atoms. The number of likely N-dealkylation sites (N-methyl/N-ethyl adjacent to an activating group) is 1. The lowest BCUT2D eigenvalue weighted by molar-refractivity contribution is 0.501. The van der Waals surface area contributed by atoms with E-state index in [1.54, 1.807) is 10.7 Å². The minimum atomic E-state index is -0.829. The summed E-state index contributed by atoms with van der Waals surface area (Å²) in [6.07, 6.45) is 1.24. The molecule has 0 aliphatic rings. The van der Waals surface area contributed by atoms with E-state index in [1.807, 2.05) is 21.0 Å². The molecule has 114 valence electrons. The van der Waals surface area contributed by atoms with Gasteiger partial charge >= 0.3 is 0 Å². The van der Waals surface area contributed by atoms with E-state index in [1.165, 1.54) is 6.07 Å². The average molecular weight is 314 g/mol. The molecule has 1 aromatic carbocycles. The van der Waals surface area contributed by atoms with Crippen LogP contribution in [0.2, 0.25) is 5.02 Å². The Morgan fingerprint density at radius 2 is 2.00 bits per heavy atom. The maximum Gasteiger partial charge on any atom is 0.159 e. The summed E-state index contributed by atoms with van der Waals surface area (Å²) in [5.41, 5.74) is 2.45. The number of halogens is 3. The standard InChI is InChI=1S/C15H18ClF2N3/c1-9-15(16)14(21(3)20-9)8-11(19-2)6-10-4-5-12(17)13(18)7-10/h4-5,7,11,19H,6,8H2,1-3H3. The van der Waals surface area contributed by atoms with Crippen LogP contribution in [0, 0.1) is 18.6 Å². The fraction of sp³-hybridized carbons (Fsp3) is 0.400. The Labute approximate surface area is 127 Å². The predicted octanol–water partition coefficient (Wildman–Crippen LogP) is 3.03. The second-order valence-corrected chi connectivity index (χ2v) is 5.49. The Hall–Kier alpha value is -1.46. The molecular weight excluding hydrogens is 296 g/mol. The van der Waals surface area contributed by atoms with Crippen molar-refractivity contribution in [3.63, 3.8) is 0 Å². The monoisotopic (exact) mass is 313 g/mol. The predicted molar refractivity (Wildman–Crippen MR) is 79.6 cm³/mol. The number of aryl methyl sites for hydroxylation is 2. The highest BCUT2D eigenvalue weighted by atomic mass is 35.5. The molecule has 1 unspecified atom stereocenters. The number of hydrogen-bond acceptors (Lipinski definition) is 2. The SMILES string of the molecule is CNC(Cc1ccc(F)c(F)c1)Cc1c(Cl)c(C)nn1C. The number of benzene rings is 1. The van der Waals surface area contributed by atoms with Crippen molar-refractivity contribution in [2.24, 2.45) is 7.05 Å². The van der Waals surface area contributed by atoms with Crippen LogP contribution in [0.1, 0.15) is 17.0 Å². The van der Waals surface area contributed by atoms with Crippen LogP contribution in [0.4, 0.5) is 8.78 Å². The van der Waals surface area contributed by atoms with Crippen LogP contribution in [0.25, 0.3) is 0 Å². The van der Waals surface area contributed by atoms with Gasteiger partial charge in [-0.05, 0) is 38.1 Å². The van der Waals surface area contributed by atoms with Crippen LogP contribution in [0.15, 0.2) is 18.2 Å². The van der Waals surface area contributed by atoms with Gasteiger partial charge in [-0.1, -0.05) is 17.7 Å². The minimum Gasteiger partial charge on any atom is -0.316 e. The highest BCUT2D eigenvalue weighted by molar-refractivity contribution is 6.31. The number of nitrogens with one attached hydrogen (secondary N) is 1. The van der Waals surface area contributed by atoms with Crippen molar-refractivity contribution in [3.05, 3.63) is 51.8 Å². The largest absolute Gasteiger partial charge is 0.316 e. The van der Waals surface area contributed by atoms with Gasteiger partial charge in [0.15, 0.2) is 11.6 Å². The molecule has 0 aliphatic heterocycles. The molecule has 0 radical (unpaired) electrons. The summed E-state index contributed by atoms with van der Waals surface area (Å²) in [5, 5.41) is 8.11. The first-order valence-corrected chi connectivity index (χ1v) is 7.09. The lowest BCUT2D eigenvalue weighted by atomic mass is 10.0. The number of nitrogens with zero attached hydrogens (tertiary/aromatic N) is 2. The molecule has 1 aromatic heterocycles. The minimum absolute atomic E-state index is 0.0576. The quantitative estimate of drug-likeness (QED) is 0.919. The third-order valence-corrected chi connectivity index (χ3v) is 4.07. The van der Waals surface area contributed by atoms with Crippen LogP contribution in [-0.4, -0.2) is 22.9 Å². The molecular formula is C15H18ClF2N3. The number of rotatable bonds is 5. The third kappa shape index (κ3) is 3.60. The second-order valence-electron chi connectivity index (χ2n) is 5.11. The van der Waals surface area contributed by atoms with E-state index in [4.69, 9.17) is 11.6 Å². The van der Waals surface area contributed by atoms with Gasteiger partial charge in [0.2, 0.25) is 0 Å². The molecule has 0 aliphatic carbocycles. The van der Waals surface area contributed by atoms with Crippen LogP contribution in [0.3, 0.4) is 0 Å². The van der Waals surface area contributed by atoms with E-state index >= 15 is 0 Å². The molecule has 1 heterocycles. The Kier molecular flexibility index (Phi) is 4.96. The Morgan fingerprint density at radius 1 is 1.29 bits per heavy atom. The summed E-state index contributed by atoms with van der Waals surface area (Å²) in [7, 11) is 3.68. The number of hydrogen-bond donors (Lipinski definition) is 1. The summed E-state index contributed by atoms with van der Waals surface area (Å²) in [6, 6.07) is 4.04. The van der Waals surface area contributed by atoms with Crippen molar-refractivity contribution in [1.82, 2.24) is 15.1 Å². The van der Waals surface area contributed by atoms with Crippen molar-refractivity contribution < 1.29 is 8.78 Å². The van der Waals surface area contributed by atoms with Crippen LogP contribution in [0.5, 0.6) is 0 Å². The first-order chi connectivity index (χ1) is 9.92. The summed E-state index contributed by atoms with van der Waals surface area (Å²) >= 11 is 6.24. The molecule has 0 saturated heterocycles. The molecule has 2 aromatic rings. The molecule has 0 amide bonds. The van der Waals surface area contributed by atoms with E-state index in [0.29, 0.717) is 17.9 Å². The molecule has 21 heavy (non-hydrogen) atoms. The molecule has 3 nitrogen and oxygen atoms in total. The van der Waals surface area contributed by atoms with Gasteiger partial charge in [-0.15, -0.1) is 0 Å². The van der Waals surface area contributed by atoms with Crippen molar-refractivity contribution >= 4 is 11.6 Å². The number of aromatic nitrogens is 2. The Bertz CT molecular complexity index is 640. The molecule has 2 rings (SSSR count). The van der Waals surface area contributed by atoms with Crippen LogP contribution in [-0.2, 0) is 19.9 Å². The van der Waals surface area contributed by atoms with E-state index in [0.717, 1.165) is 23.0 Å². The molecule has 0 saturated carbocycles. The first kappa shape index (κ1) is 15.9. The van der Waals surface area contributed by atoms with Crippen LogP contribution < -0.4 is 5.32 Å².